The lowest BCUT2D eigenvalue weighted by Crippen LogP contribution is -2.43. The van der Waals surface area contributed by atoms with Crippen LogP contribution in [0.2, 0.25) is 0 Å². The molecule has 0 unspecified atom stereocenters. The van der Waals surface area contributed by atoms with E-state index in [4.69, 9.17) is 14.6 Å². The van der Waals surface area contributed by atoms with Crippen molar-refractivity contribution in [2.75, 3.05) is 13.6 Å². The number of aliphatic carboxylic acids is 1. The third-order valence-electron chi connectivity index (χ3n) is 9.18. The first-order valence-electron chi connectivity index (χ1n) is 16.8. The molecule has 5 rings (SSSR count). The number of carboxylic acid groups (broad SMARTS) is 1. The number of likely N-dealkylation sites (N-methyl/N-ethyl adjacent to an activating group) is 1. The van der Waals surface area contributed by atoms with E-state index in [0.29, 0.717) is 25.9 Å². The number of nitrogens with zero attached hydrogens (tertiary/aromatic N) is 1. The molecule has 0 aliphatic carbocycles. The molecule has 49 heavy (non-hydrogen) atoms. The van der Waals surface area contributed by atoms with Gasteiger partial charge in [-0.25, -0.2) is 0 Å². The van der Waals surface area contributed by atoms with Crippen LogP contribution < -0.4 is 5.32 Å². The van der Waals surface area contributed by atoms with Gasteiger partial charge in [-0.05, 0) is 53.8 Å². The first-order chi connectivity index (χ1) is 23.7. The molecule has 1 saturated heterocycles. The second-order valence-corrected chi connectivity index (χ2v) is 12.7. The highest BCUT2D eigenvalue weighted by Crippen LogP contribution is 2.39. The smallest absolute Gasteiger partial charge is 0.303 e. The van der Waals surface area contributed by atoms with Gasteiger partial charge in [0, 0.05) is 44.0 Å². The highest BCUT2D eigenvalue weighted by molar-refractivity contribution is 5.77. The highest BCUT2D eigenvalue weighted by Gasteiger charge is 2.34. The molecule has 0 saturated carbocycles. The van der Waals surface area contributed by atoms with Crippen molar-refractivity contribution >= 4 is 11.9 Å². The minimum atomic E-state index is -0.908. The molecule has 0 bridgehead atoms. The minimum Gasteiger partial charge on any atom is -0.481 e. The molecule has 1 amide bonds. The quantitative estimate of drug-likeness (QED) is 0.116. The summed E-state index contributed by atoms with van der Waals surface area (Å²) in [5.41, 5.74) is 6.49. The number of hydrogen-bond donors (Lipinski definition) is 4. The summed E-state index contributed by atoms with van der Waals surface area (Å²) in [5, 5.41) is 32.4. The van der Waals surface area contributed by atoms with Gasteiger partial charge in [0.15, 0.2) is 6.29 Å². The summed E-state index contributed by atoms with van der Waals surface area (Å²) in [6, 6.07) is 33.2. The van der Waals surface area contributed by atoms with E-state index in [1.165, 1.54) is 0 Å². The van der Waals surface area contributed by atoms with Gasteiger partial charge in [0.1, 0.15) is 0 Å². The zero-order valence-corrected chi connectivity index (χ0v) is 28.1. The van der Waals surface area contributed by atoms with E-state index in [0.717, 1.165) is 38.9 Å². The van der Waals surface area contributed by atoms with Crippen LogP contribution in [-0.4, -0.2) is 57.8 Å². The second-order valence-electron chi connectivity index (χ2n) is 12.7. The summed E-state index contributed by atoms with van der Waals surface area (Å²) in [5.74, 6) is -1.09. The Kier molecular flexibility index (Phi) is 12.7. The Morgan fingerprint density at radius 3 is 2.24 bits per heavy atom. The van der Waals surface area contributed by atoms with E-state index in [1.807, 2.05) is 117 Å². The topological polar surface area (TPSA) is 129 Å². The van der Waals surface area contributed by atoms with Gasteiger partial charge >= 0.3 is 5.97 Å². The molecular formula is C40H46N2O7. The summed E-state index contributed by atoms with van der Waals surface area (Å²) >= 11 is 0. The summed E-state index contributed by atoms with van der Waals surface area (Å²) in [6.45, 7) is 2.91. The van der Waals surface area contributed by atoms with Gasteiger partial charge in [0.2, 0.25) is 5.91 Å². The number of amides is 1. The lowest BCUT2D eigenvalue weighted by atomic mass is 9.97. The number of carboxylic acids is 1. The predicted octanol–water partition coefficient (Wildman–Crippen LogP) is 6.32. The molecule has 4 aromatic carbocycles. The van der Waals surface area contributed by atoms with Gasteiger partial charge in [0.25, 0.3) is 0 Å². The summed E-state index contributed by atoms with van der Waals surface area (Å²) in [6.07, 6.45) is -0.634. The molecule has 0 aromatic heterocycles. The van der Waals surface area contributed by atoms with Gasteiger partial charge in [0.05, 0.1) is 24.9 Å². The molecule has 1 heterocycles. The van der Waals surface area contributed by atoms with Crippen molar-refractivity contribution in [3.8, 4) is 11.1 Å². The third kappa shape index (κ3) is 9.84. The van der Waals surface area contributed by atoms with Crippen LogP contribution in [0.1, 0.15) is 78.9 Å². The van der Waals surface area contributed by atoms with Crippen molar-refractivity contribution in [1.29, 1.82) is 0 Å². The van der Waals surface area contributed by atoms with Crippen molar-refractivity contribution in [1.82, 2.24) is 10.2 Å². The maximum Gasteiger partial charge on any atom is 0.303 e. The monoisotopic (exact) mass is 666 g/mol. The summed E-state index contributed by atoms with van der Waals surface area (Å²) in [4.78, 5) is 25.2. The summed E-state index contributed by atoms with van der Waals surface area (Å²) in [7, 11) is 2.00. The molecule has 1 aliphatic heterocycles. The van der Waals surface area contributed by atoms with Crippen LogP contribution in [-0.2, 0) is 32.2 Å². The Hall–Kier alpha value is -4.38. The van der Waals surface area contributed by atoms with Crippen LogP contribution >= 0.6 is 0 Å². The fourth-order valence-corrected chi connectivity index (χ4v) is 6.15. The number of aliphatic hydroxyl groups is 2. The minimum absolute atomic E-state index is 0.0266. The van der Waals surface area contributed by atoms with Gasteiger partial charge in [-0.2, -0.15) is 0 Å². The van der Waals surface area contributed by atoms with Crippen LogP contribution in [0.5, 0.6) is 0 Å². The fourth-order valence-electron chi connectivity index (χ4n) is 6.15. The standard InChI is InChI=1S/C40H46N2O7/c1-27(39(47)31-9-4-3-5-10-31)42(2)25-34-23-36(30-17-15-28(26-43)16-18-30)49-40(48-34)32-21-19-29(20-22-32)35-12-7-6-11-33(35)24-41-37(44)13-8-14-38(45)46/h3-7,9-12,15-22,27,34,36,39-40,43,47H,8,13-14,23-26H2,1-2H3,(H,41,44)(H,45,46)/t27-,34+,36-,39-,40-/m1/s1. The normalized spacial score (nSPS) is 18.9. The van der Waals surface area contributed by atoms with Crippen molar-refractivity contribution < 1.29 is 34.4 Å². The predicted molar refractivity (Wildman–Crippen MR) is 187 cm³/mol. The van der Waals surface area contributed by atoms with Gasteiger partial charge in [-0.15, -0.1) is 0 Å². The second kappa shape index (κ2) is 17.3. The number of carbonyl (C=O) groups excluding carboxylic acids is 1. The molecule has 9 heteroatoms. The number of nitrogens with one attached hydrogen (secondary N) is 1. The maximum absolute atomic E-state index is 12.3. The average Bonchev–Trinajstić information content (AvgIpc) is 3.13. The number of ether oxygens (including phenoxy) is 2. The SMILES string of the molecule is C[C@H]([C@@H](O)c1ccccc1)N(C)C[C@@H]1C[C@H](c2ccc(CO)cc2)O[C@H](c2ccc(-c3ccccc3CNC(=O)CCCC(=O)O)cc2)O1. The Balaban J connectivity index is 1.31. The van der Waals surface area contributed by atoms with Crippen LogP contribution in [0.25, 0.3) is 11.1 Å². The van der Waals surface area contributed by atoms with E-state index in [2.05, 4.69) is 10.2 Å². The molecule has 0 spiro atoms. The molecule has 1 fully saturated rings. The Morgan fingerprint density at radius 2 is 1.55 bits per heavy atom. The lowest BCUT2D eigenvalue weighted by Gasteiger charge is -2.39. The van der Waals surface area contributed by atoms with Crippen molar-refractivity contribution in [3.63, 3.8) is 0 Å². The molecule has 4 N–H and O–H groups in total. The number of aliphatic hydroxyl groups excluding tert-OH is 2. The highest BCUT2D eigenvalue weighted by atomic mass is 16.7. The lowest BCUT2D eigenvalue weighted by molar-refractivity contribution is -0.253. The Morgan fingerprint density at radius 1 is 0.878 bits per heavy atom. The third-order valence-corrected chi connectivity index (χ3v) is 9.18. The van der Waals surface area contributed by atoms with Crippen LogP contribution in [0.4, 0.5) is 0 Å². The van der Waals surface area contributed by atoms with E-state index in [-0.39, 0.29) is 43.6 Å². The average molecular weight is 667 g/mol. The van der Waals surface area contributed by atoms with E-state index in [1.54, 1.807) is 0 Å². The fraction of sp³-hybridized carbons (Fsp3) is 0.350. The summed E-state index contributed by atoms with van der Waals surface area (Å²) < 4.78 is 13.2. The first-order valence-corrected chi connectivity index (χ1v) is 16.8. The number of rotatable bonds is 15. The van der Waals surface area contributed by atoms with E-state index in [9.17, 15) is 19.8 Å². The zero-order chi connectivity index (χ0) is 34.8. The van der Waals surface area contributed by atoms with Crippen LogP contribution in [0.15, 0.2) is 103 Å². The van der Waals surface area contributed by atoms with Crippen LogP contribution in [0, 0.1) is 0 Å². The van der Waals surface area contributed by atoms with Gasteiger partial charge < -0.3 is 30.1 Å². The molecule has 9 nitrogen and oxygen atoms in total. The van der Waals surface area contributed by atoms with Crippen molar-refractivity contribution in [2.45, 2.75) is 76.4 Å². The maximum atomic E-state index is 12.3. The number of carbonyl (C=O) groups is 2. The molecule has 0 radical (unpaired) electrons. The number of benzene rings is 4. The Bertz CT molecular complexity index is 1650. The van der Waals surface area contributed by atoms with Crippen LogP contribution in [0.3, 0.4) is 0 Å². The molecule has 4 aromatic rings. The van der Waals surface area contributed by atoms with E-state index >= 15 is 0 Å². The number of hydrogen-bond acceptors (Lipinski definition) is 7. The largest absolute Gasteiger partial charge is 0.481 e. The molecule has 258 valence electrons. The first kappa shape index (κ1) is 35.9. The zero-order valence-electron chi connectivity index (χ0n) is 28.1. The molecule has 5 atom stereocenters. The van der Waals surface area contributed by atoms with Gasteiger partial charge in [-0.1, -0.05) is 103 Å². The van der Waals surface area contributed by atoms with Crippen molar-refractivity contribution in [2.24, 2.45) is 0 Å². The van der Waals surface area contributed by atoms with Crippen molar-refractivity contribution in [3.05, 3.63) is 131 Å². The van der Waals surface area contributed by atoms with E-state index < -0.39 is 18.4 Å². The molecule has 1 aliphatic rings. The Labute approximate surface area is 288 Å². The van der Waals surface area contributed by atoms with Gasteiger partial charge in [-0.3, -0.25) is 14.5 Å². The molecular weight excluding hydrogens is 620 g/mol.